The van der Waals surface area contributed by atoms with E-state index in [4.69, 9.17) is 14.5 Å². The normalized spacial score (nSPS) is 22.1. The summed E-state index contributed by atoms with van der Waals surface area (Å²) in [5, 5.41) is 5.90. The molecular formula is C27H28N2O4S. The number of hydrogen-bond donors (Lipinski definition) is 1. The van der Waals surface area contributed by atoms with E-state index in [1.165, 1.54) is 25.6 Å². The van der Waals surface area contributed by atoms with Crippen molar-refractivity contribution in [3.63, 3.8) is 0 Å². The van der Waals surface area contributed by atoms with Crippen molar-refractivity contribution in [2.45, 2.75) is 38.1 Å². The number of esters is 2. The molecule has 2 heterocycles. The second-order valence-electron chi connectivity index (χ2n) is 8.45. The number of benzene rings is 2. The molecule has 3 unspecified atom stereocenters. The molecular weight excluding hydrogens is 448 g/mol. The van der Waals surface area contributed by atoms with Gasteiger partial charge in [-0.1, -0.05) is 54.6 Å². The Bertz CT molecular complexity index is 1250. The Morgan fingerprint density at radius 2 is 1.68 bits per heavy atom. The van der Waals surface area contributed by atoms with E-state index in [0.717, 1.165) is 22.4 Å². The van der Waals surface area contributed by atoms with E-state index >= 15 is 0 Å². The van der Waals surface area contributed by atoms with Crippen molar-refractivity contribution in [1.82, 2.24) is 10.3 Å². The summed E-state index contributed by atoms with van der Waals surface area (Å²) in [5.74, 6) is -1.60. The Balaban J connectivity index is 2.02. The third-order valence-corrected chi connectivity index (χ3v) is 7.60. The number of nitrogens with zero attached hydrogens (tertiary/aromatic N) is 1. The zero-order valence-corrected chi connectivity index (χ0v) is 20.7. The second-order valence-corrected chi connectivity index (χ2v) is 9.31. The van der Waals surface area contributed by atoms with Gasteiger partial charge in [0.1, 0.15) is 5.01 Å². The molecule has 3 aromatic rings. The van der Waals surface area contributed by atoms with Gasteiger partial charge in [-0.2, -0.15) is 0 Å². The number of hydrogen-bond acceptors (Lipinski definition) is 7. The van der Waals surface area contributed by atoms with Crippen molar-refractivity contribution in [1.29, 1.82) is 0 Å². The SMILES string of the molecule is COC(=O)C1=C(C)NC(C)C(C(=O)OC)(c2nc(-c3ccccc3C)cs2)C1c1ccccc1. The predicted octanol–water partition coefficient (Wildman–Crippen LogP) is 4.75. The lowest BCUT2D eigenvalue weighted by molar-refractivity contribution is -0.150. The fourth-order valence-electron chi connectivity index (χ4n) is 4.97. The molecule has 1 aromatic heterocycles. The molecule has 6 nitrogen and oxygen atoms in total. The Kier molecular flexibility index (Phi) is 6.57. The standard InChI is InChI=1S/C27H28N2O4S/c1-16-11-9-10-14-20(16)21-15-34-25(29-21)27(26(31)33-5)18(3)28-17(2)22(24(30)32-4)23(27)19-12-7-6-8-13-19/h6-15,18,23,28H,1-5H3. The van der Waals surface area contributed by atoms with Crippen LogP contribution in [0.1, 0.15) is 35.9 Å². The maximum atomic E-state index is 13.8. The van der Waals surface area contributed by atoms with Crippen molar-refractivity contribution < 1.29 is 19.1 Å². The fourth-order valence-corrected chi connectivity index (χ4v) is 6.10. The van der Waals surface area contributed by atoms with Crippen LogP contribution < -0.4 is 5.32 Å². The number of nitrogens with one attached hydrogen (secondary N) is 1. The summed E-state index contributed by atoms with van der Waals surface area (Å²) in [6.45, 7) is 5.79. The molecule has 0 fully saturated rings. The largest absolute Gasteiger partial charge is 0.468 e. The fraction of sp³-hybridized carbons (Fsp3) is 0.296. The molecule has 0 aliphatic carbocycles. The van der Waals surface area contributed by atoms with Crippen molar-refractivity contribution >= 4 is 23.3 Å². The average Bonchev–Trinajstić information content (AvgIpc) is 3.34. The maximum absolute atomic E-state index is 13.8. The lowest BCUT2D eigenvalue weighted by Crippen LogP contribution is -2.60. The van der Waals surface area contributed by atoms with Gasteiger partial charge in [-0.15, -0.1) is 11.3 Å². The number of methoxy groups -OCH3 is 2. The number of aryl methyl sites for hydroxylation is 1. The lowest BCUT2D eigenvalue weighted by Gasteiger charge is -2.46. The second kappa shape index (κ2) is 9.43. The Labute approximate surface area is 203 Å². The first kappa shape index (κ1) is 23.7. The zero-order valence-electron chi connectivity index (χ0n) is 19.9. The number of ether oxygens (including phenoxy) is 2. The summed E-state index contributed by atoms with van der Waals surface area (Å²) < 4.78 is 10.6. The number of carbonyl (C=O) groups is 2. The quantitative estimate of drug-likeness (QED) is 0.536. The third kappa shape index (κ3) is 3.70. The van der Waals surface area contributed by atoms with E-state index in [0.29, 0.717) is 16.3 Å². The molecule has 3 atom stereocenters. The van der Waals surface area contributed by atoms with Crippen LogP contribution in [0.25, 0.3) is 11.3 Å². The minimum absolute atomic E-state index is 0.393. The first-order valence-corrected chi connectivity index (χ1v) is 11.9. The zero-order chi connectivity index (χ0) is 24.5. The van der Waals surface area contributed by atoms with Crippen LogP contribution in [-0.4, -0.2) is 37.2 Å². The highest BCUT2D eigenvalue weighted by atomic mass is 32.1. The van der Waals surface area contributed by atoms with Gasteiger partial charge in [0.15, 0.2) is 5.41 Å². The van der Waals surface area contributed by atoms with Gasteiger partial charge in [0.2, 0.25) is 0 Å². The molecule has 1 aliphatic rings. The average molecular weight is 477 g/mol. The summed E-state index contributed by atoms with van der Waals surface area (Å²) in [6, 6.07) is 17.1. The van der Waals surface area contributed by atoms with Crippen LogP contribution in [0.2, 0.25) is 0 Å². The van der Waals surface area contributed by atoms with Crippen LogP contribution in [0.4, 0.5) is 0 Å². The van der Waals surface area contributed by atoms with E-state index in [1.54, 1.807) is 0 Å². The molecule has 176 valence electrons. The molecule has 2 aromatic carbocycles. The molecule has 0 amide bonds. The van der Waals surface area contributed by atoms with Gasteiger partial charge >= 0.3 is 11.9 Å². The highest BCUT2D eigenvalue weighted by Crippen LogP contribution is 2.51. The van der Waals surface area contributed by atoms with Crippen molar-refractivity contribution in [3.8, 4) is 11.3 Å². The molecule has 34 heavy (non-hydrogen) atoms. The summed E-state index contributed by atoms with van der Waals surface area (Å²) >= 11 is 1.40. The Morgan fingerprint density at radius 1 is 1.00 bits per heavy atom. The van der Waals surface area contributed by atoms with Crippen LogP contribution in [0.15, 0.2) is 71.2 Å². The number of allylic oxidation sites excluding steroid dienone is 1. The van der Waals surface area contributed by atoms with E-state index < -0.39 is 29.3 Å². The van der Waals surface area contributed by atoms with Gasteiger partial charge in [-0.05, 0) is 31.9 Å². The topological polar surface area (TPSA) is 77.5 Å². The lowest BCUT2D eigenvalue weighted by atomic mass is 9.62. The Morgan fingerprint density at radius 3 is 2.32 bits per heavy atom. The van der Waals surface area contributed by atoms with Crippen molar-refractivity contribution in [2.75, 3.05) is 14.2 Å². The van der Waals surface area contributed by atoms with Gasteiger partial charge in [0.25, 0.3) is 0 Å². The number of aromatic nitrogens is 1. The predicted molar refractivity (Wildman–Crippen MR) is 132 cm³/mol. The monoisotopic (exact) mass is 476 g/mol. The molecule has 1 N–H and O–H groups in total. The number of carbonyl (C=O) groups excluding carboxylic acids is 2. The minimum Gasteiger partial charge on any atom is -0.468 e. The summed E-state index contributed by atoms with van der Waals surface area (Å²) in [7, 11) is 2.72. The van der Waals surface area contributed by atoms with Crippen LogP contribution in [0.3, 0.4) is 0 Å². The molecule has 0 saturated heterocycles. The van der Waals surface area contributed by atoms with Gasteiger partial charge < -0.3 is 14.8 Å². The molecule has 4 rings (SSSR count). The van der Waals surface area contributed by atoms with E-state index in [2.05, 4.69) is 5.32 Å². The van der Waals surface area contributed by atoms with Crippen LogP contribution in [-0.2, 0) is 24.5 Å². The van der Waals surface area contributed by atoms with Gasteiger partial charge in [-0.25, -0.2) is 9.78 Å². The maximum Gasteiger partial charge on any atom is 0.336 e. The smallest absolute Gasteiger partial charge is 0.336 e. The Hall–Kier alpha value is -3.45. The molecule has 7 heteroatoms. The summed E-state index contributed by atoms with van der Waals surface area (Å²) in [4.78, 5) is 31.8. The van der Waals surface area contributed by atoms with Crippen molar-refractivity contribution in [3.05, 3.63) is 87.4 Å². The van der Waals surface area contributed by atoms with Crippen LogP contribution >= 0.6 is 11.3 Å². The summed E-state index contributed by atoms with van der Waals surface area (Å²) in [5.41, 5.74) is 3.46. The summed E-state index contributed by atoms with van der Waals surface area (Å²) in [6.07, 6.45) is 0. The first-order valence-electron chi connectivity index (χ1n) is 11.1. The number of thiazole rings is 1. The van der Waals surface area contributed by atoms with Crippen molar-refractivity contribution in [2.24, 2.45) is 0 Å². The van der Waals surface area contributed by atoms with Gasteiger partial charge in [-0.3, -0.25) is 4.79 Å². The van der Waals surface area contributed by atoms with E-state index in [-0.39, 0.29) is 0 Å². The van der Waals surface area contributed by atoms with Gasteiger partial charge in [0, 0.05) is 28.6 Å². The highest BCUT2D eigenvalue weighted by Gasteiger charge is 2.60. The molecule has 0 saturated carbocycles. The van der Waals surface area contributed by atoms with Crippen LogP contribution in [0.5, 0.6) is 0 Å². The van der Waals surface area contributed by atoms with Gasteiger partial charge in [0.05, 0.1) is 25.5 Å². The molecule has 0 radical (unpaired) electrons. The highest BCUT2D eigenvalue weighted by molar-refractivity contribution is 7.10. The van der Waals surface area contributed by atoms with E-state index in [9.17, 15) is 9.59 Å². The molecule has 0 spiro atoms. The first-order chi connectivity index (χ1) is 16.4. The minimum atomic E-state index is -1.29. The molecule has 1 aliphatic heterocycles. The molecule has 0 bridgehead atoms. The number of rotatable bonds is 5. The third-order valence-electron chi connectivity index (χ3n) is 6.60. The van der Waals surface area contributed by atoms with E-state index in [1.807, 2.05) is 80.7 Å². The van der Waals surface area contributed by atoms with Crippen LogP contribution in [0, 0.1) is 6.92 Å².